The standard InChI is InChI=1S/C8H11N.C4HCl2N3O2/c1-9(2)8-6-4-3-5-7-8;5-3-2(9(10)11)4(6)8-1-7-3/h3-7H,1-2H3;1H. The number of rotatable bonds is 2. The first-order valence-electron chi connectivity index (χ1n) is 5.46. The molecular formula is C12H12Cl2N4O2. The van der Waals surface area contributed by atoms with E-state index < -0.39 is 10.6 Å². The summed E-state index contributed by atoms with van der Waals surface area (Å²) in [5.74, 6) is 0. The van der Waals surface area contributed by atoms with Gasteiger partial charge in [-0.1, -0.05) is 41.4 Å². The number of nitrogens with zero attached hydrogens (tertiary/aromatic N) is 4. The molecule has 0 saturated heterocycles. The predicted molar refractivity (Wildman–Crippen MR) is 79.5 cm³/mol. The fourth-order valence-corrected chi connectivity index (χ4v) is 1.67. The van der Waals surface area contributed by atoms with E-state index in [0.29, 0.717) is 0 Å². The zero-order valence-corrected chi connectivity index (χ0v) is 12.3. The number of halogens is 2. The normalized spacial score (nSPS) is 9.40. The lowest BCUT2D eigenvalue weighted by atomic mass is 10.3. The average molecular weight is 315 g/mol. The molecule has 1 aromatic heterocycles. The molecule has 2 rings (SSSR count). The van der Waals surface area contributed by atoms with Crippen molar-refractivity contribution >= 4 is 34.6 Å². The molecule has 106 valence electrons. The Hall–Kier alpha value is -1.92. The lowest BCUT2D eigenvalue weighted by Crippen LogP contribution is -2.07. The van der Waals surface area contributed by atoms with Crippen molar-refractivity contribution < 1.29 is 4.92 Å². The molecule has 0 aliphatic heterocycles. The Balaban J connectivity index is 0.000000204. The second kappa shape index (κ2) is 7.62. The molecule has 0 amide bonds. The van der Waals surface area contributed by atoms with Crippen LogP contribution < -0.4 is 4.90 Å². The first kappa shape index (κ1) is 16.1. The van der Waals surface area contributed by atoms with Crippen molar-refractivity contribution in [1.29, 1.82) is 0 Å². The maximum Gasteiger partial charge on any atom is 0.343 e. The molecule has 0 saturated carbocycles. The quantitative estimate of drug-likeness (QED) is 0.482. The van der Waals surface area contributed by atoms with Gasteiger partial charge in [-0.15, -0.1) is 0 Å². The van der Waals surface area contributed by atoms with Crippen LogP contribution in [0.3, 0.4) is 0 Å². The van der Waals surface area contributed by atoms with E-state index in [9.17, 15) is 10.1 Å². The summed E-state index contributed by atoms with van der Waals surface area (Å²) < 4.78 is 0. The Morgan fingerprint density at radius 1 is 1.10 bits per heavy atom. The Morgan fingerprint density at radius 2 is 1.60 bits per heavy atom. The van der Waals surface area contributed by atoms with Crippen molar-refractivity contribution in [1.82, 2.24) is 9.97 Å². The van der Waals surface area contributed by atoms with Crippen LogP contribution in [0.1, 0.15) is 0 Å². The van der Waals surface area contributed by atoms with Crippen LogP contribution in [0.2, 0.25) is 10.3 Å². The van der Waals surface area contributed by atoms with E-state index in [1.165, 1.54) is 5.69 Å². The number of nitro groups is 1. The highest BCUT2D eigenvalue weighted by Gasteiger charge is 2.19. The van der Waals surface area contributed by atoms with Crippen molar-refractivity contribution in [3.8, 4) is 0 Å². The monoisotopic (exact) mass is 314 g/mol. The molecule has 0 fully saturated rings. The van der Waals surface area contributed by atoms with Gasteiger partial charge in [-0.2, -0.15) is 0 Å². The summed E-state index contributed by atoms with van der Waals surface area (Å²) in [6, 6.07) is 10.3. The summed E-state index contributed by atoms with van der Waals surface area (Å²) in [4.78, 5) is 18.3. The molecule has 0 aliphatic rings. The van der Waals surface area contributed by atoms with E-state index in [0.717, 1.165) is 6.33 Å². The third-order valence-electron chi connectivity index (χ3n) is 2.19. The fourth-order valence-electron chi connectivity index (χ4n) is 1.21. The Labute approximate surface area is 126 Å². The molecule has 6 nitrogen and oxygen atoms in total. The fraction of sp³-hybridized carbons (Fsp3) is 0.167. The zero-order chi connectivity index (χ0) is 15.1. The summed E-state index contributed by atoms with van der Waals surface area (Å²) in [6.45, 7) is 0. The maximum absolute atomic E-state index is 10.2. The number of benzene rings is 1. The second-order valence-electron chi connectivity index (χ2n) is 3.79. The maximum atomic E-state index is 10.2. The van der Waals surface area contributed by atoms with Gasteiger partial charge in [-0.25, -0.2) is 9.97 Å². The molecule has 0 radical (unpaired) electrons. The van der Waals surface area contributed by atoms with Crippen molar-refractivity contribution in [2.75, 3.05) is 19.0 Å². The highest BCUT2D eigenvalue weighted by atomic mass is 35.5. The number of hydrogen-bond acceptors (Lipinski definition) is 5. The van der Waals surface area contributed by atoms with Crippen LogP contribution in [-0.4, -0.2) is 29.0 Å². The molecule has 0 aliphatic carbocycles. The molecule has 0 atom stereocenters. The summed E-state index contributed by atoms with van der Waals surface area (Å²) in [5, 5.41) is 9.69. The van der Waals surface area contributed by atoms with Crippen LogP contribution >= 0.6 is 23.2 Å². The molecule has 0 unspecified atom stereocenters. The SMILES string of the molecule is CN(C)c1ccccc1.O=[N+]([O-])c1c(Cl)ncnc1Cl. The minimum atomic E-state index is -0.731. The molecule has 8 heteroatoms. The van der Waals surface area contributed by atoms with Crippen molar-refractivity contribution in [2.24, 2.45) is 0 Å². The topological polar surface area (TPSA) is 72.2 Å². The van der Waals surface area contributed by atoms with Gasteiger partial charge < -0.3 is 4.90 Å². The van der Waals surface area contributed by atoms with E-state index in [-0.39, 0.29) is 10.3 Å². The minimum Gasteiger partial charge on any atom is -0.378 e. The third kappa shape index (κ3) is 4.64. The number of aromatic nitrogens is 2. The van der Waals surface area contributed by atoms with E-state index in [1.54, 1.807) is 0 Å². The molecule has 0 spiro atoms. The largest absolute Gasteiger partial charge is 0.378 e. The summed E-state index contributed by atoms with van der Waals surface area (Å²) in [6.07, 6.45) is 1.05. The minimum absolute atomic E-state index is 0.255. The van der Waals surface area contributed by atoms with E-state index in [4.69, 9.17) is 23.2 Å². The van der Waals surface area contributed by atoms with Gasteiger partial charge in [0, 0.05) is 19.8 Å². The highest BCUT2D eigenvalue weighted by Crippen LogP contribution is 2.27. The predicted octanol–water partition coefficient (Wildman–Crippen LogP) is 3.44. The molecule has 1 heterocycles. The Bertz CT molecular complexity index is 559. The number of anilines is 1. The van der Waals surface area contributed by atoms with Crippen molar-refractivity contribution in [2.45, 2.75) is 0 Å². The van der Waals surface area contributed by atoms with Gasteiger partial charge in [0.25, 0.3) is 0 Å². The summed E-state index contributed by atoms with van der Waals surface area (Å²) in [7, 11) is 4.07. The van der Waals surface area contributed by atoms with E-state index >= 15 is 0 Å². The smallest absolute Gasteiger partial charge is 0.343 e. The van der Waals surface area contributed by atoms with Gasteiger partial charge in [-0.3, -0.25) is 10.1 Å². The van der Waals surface area contributed by atoms with Gasteiger partial charge in [0.2, 0.25) is 10.3 Å². The second-order valence-corrected chi connectivity index (χ2v) is 4.51. The molecule has 0 N–H and O–H groups in total. The van der Waals surface area contributed by atoms with Crippen molar-refractivity contribution in [3.05, 3.63) is 57.1 Å². The summed E-state index contributed by atoms with van der Waals surface area (Å²) >= 11 is 10.7. The zero-order valence-electron chi connectivity index (χ0n) is 10.8. The van der Waals surface area contributed by atoms with E-state index in [1.807, 2.05) is 32.3 Å². The van der Waals surface area contributed by atoms with E-state index in [2.05, 4.69) is 27.0 Å². The average Bonchev–Trinajstić information content (AvgIpc) is 2.40. The van der Waals surface area contributed by atoms with Crippen LogP contribution in [0.15, 0.2) is 36.7 Å². The van der Waals surface area contributed by atoms with Crippen LogP contribution in [0, 0.1) is 10.1 Å². The number of para-hydroxylation sites is 1. The molecule has 2 aromatic rings. The Morgan fingerprint density at radius 3 is 1.90 bits per heavy atom. The van der Waals surface area contributed by atoms with Gasteiger partial charge in [-0.05, 0) is 12.1 Å². The van der Waals surface area contributed by atoms with Gasteiger partial charge in [0.15, 0.2) is 0 Å². The lowest BCUT2D eigenvalue weighted by molar-refractivity contribution is -0.385. The third-order valence-corrected chi connectivity index (χ3v) is 2.74. The van der Waals surface area contributed by atoms with Gasteiger partial charge in [0.05, 0.1) is 4.92 Å². The Kier molecular flexibility index (Phi) is 6.14. The summed E-state index contributed by atoms with van der Waals surface area (Å²) in [5.41, 5.74) is 0.785. The van der Waals surface area contributed by atoms with Crippen LogP contribution in [0.5, 0.6) is 0 Å². The van der Waals surface area contributed by atoms with Gasteiger partial charge >= 0.3 is 5.69 Å². The number of hydrogen-bond donors (Lipinski definition) is 0. The highest BCUT2D eigenvalue weighted by molar-refractivity contribution is 6.36. The molecule has 20 heavy (non-hydrogen) atoms. The van der Waals surface area contributed by atoms with Gasteiger partial charge in [0.1, 0.15) is 6.33 Å². The molecule has 0 bridgehead atoms. The molecular weight excluding hydrogens is 303 g/mol. The van der Waals surface area contributed by atoms with Crippen molar-refractivity contribution in [3.63, 3.8) is 0 Å². The first-order chi connectivity index (χ1) is 9.43. The molecule has 1 aromatic carbocycles. The lowest BCUT2D eigenvalue weighted by Gasteiger charge is -2.10. The van der Waals surface area contributed by atoms with Crippen LogP contribution in [0.4, 0.5) is 11.4 Å². The first-order valence-corrected chi connectivity index (χ1v) is 6.21. The van der Waals surface area contributed by atoms with Crippen LogP contribution in [0.25, 0.3) is 0 Å². The van der Waals surface area contributed by atoms with Crippen LogP contribution in [-0.2, 0) is 0 Å².